The molecule has 1 fully saturated rings. The predicted molar refractivity (Wildman–Crippen MR) is 111 cm³/mol. The number of likely N-dealkylation sites (N-methyl/N-ethyl adjacent to an activating group) is 1. The summed E-state index contributed by atoms with van der Waals surface area (Å²) in [7, 11) is 1.60. The Balaban J connectivity index is 1.61. The molecular weight excluding hydrogens is 424 g/mol. The summed E-state index contributed by atoms with van der Waals surface area (Å²) in [5, 5.41) is 2.80. The van der Waals surface area contributed by atoms with Gasteiger partial charge in [0.25, 0.3) is 5.91 Å². The molecule has 6 nitrogen and oxygen atoms in total. The average molecular weight is 447 g/mol. The second-order valence-electron chi connectivity index (χ2n) is 6.63. The van der Waals surface area contributed by atoms with Crippen molar-refractivity contribution in [2.75, 3.05) is 32.1 Å². The molecule has 7 heteroatoms. The quantitative estimate of drug-likeness (QED) is 0.703. The number of para-hydroxylation sites is 2. The van der Waals surface area contributed by atoms with Crippen LogP contribution in [0.3, 0.4) is 0 Å². The first-order chi connectivity index (χ1) is 13.5. The molecule has 1 heterocycles. The molecule has 1 atom stereocenters. The zero-order valence-corrected chi connectivity index (χ0v) is 17.3. The number of carbonyl (C=O) groups excluding carboxylic acids is 2. The lowest BCUT2D eigenvalue weighted by Gasteiger charge is -2.20. The lowest BCUT2D eigenvalue weighted by molar-refractivity contribution is -0.116. The molecule has 1 saturated heterocycles. The smallest absolute Gasteiger partial charge is 0.257 e. The van der Waals surface area contributed by atoms with E-state index in [1.165, 1.54) is 4.90 Å². The van der Waals surface area contributed by atoms with Crippen LogP contribution in [0.2, 0.25) is 0 Å². The summed E-state index contributed by atoms with van der Waals surface area (Å²) in [6, 6.07) is 14.4. The minimum Gasteiger partial charge on any atom is -0.490 e. The monoisotopic (exact) mass is 446 g/mol. The molecule has 1 aliphatic heterocycles. The van der Waals surface area contributed by atoms with Gasteiger partial charge < -0.3 is 19.7 Å². The average Bonchev–Trinajstić information content (AvgIpc) is 3.21. The lowest BCUT2D eigenvalue weighted by atomic mass is 10.1. The van der Waals surface area contributed by atoms with Crippen LogP contribution in [-0.2, 0) is 9.53 Å². The third-order valence-electron chi connectivity index (χ3n) is 4.44. The first kappa shape index (κ1) is 20.4. The maximum absolute atomic E-state index is 12.8. The number of hydrogen-bond acceptors (Lipinski definition) is 4. The largest absolute Gasteiger partial charge is 0.490 e. The second-order valence-corrected chi connectivity index (χ2v) is 7.49. The molecule has 148 valence electrons. The Bertz CT molecular complexity index is 837. The van der Waals surface area contributed by atoms with Crippen LogP contribution < -0.4 is 10.1 Å². The van der Waals surface area contributed by atoms with Crippen LogP contribution >= 0.6 is 15.9 Å². The van der Waals surface area contributed by atoms with Gasteiger partial charge in [0.05, 0.1) is 23.9 Å². The first-order valence-corrected chi connectivity index (χ1v) is 9.97. The summed E-state index contributed by atoms with van der Waals surface area (Å²) >= 11 is 3.39. The van der Waals surface area contributed by atoms with E-state index in [-0.39, 0.29) is 24.5 Å². The summed E-state index contributed by atoms with van der Waals surface area (Å²) in [6.07, 6.45) is 2.06. The number of carbonyl (C=O) groups is 2. The van der Waals surface area contributed by atoms with Gasteiger partial charge in [0, 0.05) is 18.1 Å². The third-order valence-corrected chi connectivity index (χ3v) is 5.13. The summed E-state index contributed by atoms with van der Waals surface area (Å²) in [5.41, 5.74) is 1.09. The fraction of sp³-hybridized carbons (Fsp3) is 0.333. The highest BCUT2D eigenvalue weighted by Crippen LogP contribution is 2.23. The Kier molecular flexibility index (Phi) is 7.06. The molecular formula is C21H23BrN2O4. The molecule has 28 heavy (non-hydrogen) atoms. The number of rotatable bonds is 7. The number of halogens is 1. The van der Waals surface area contributed by atoms with Crippen LogP contribution in [0.15, 0.2) is 53.0 Å². The maximum Gasteiger partial charge on any atom is 0.257 e. The van der Waals surface area contributed by atoms with E-state index in [1.807, 2.05) is 24.3 Å². The topological polar surface area (TPSA) is 67.9 Å². The normalized spacial score (nSPS) is 15.9. The van der Waals surface area contributed by atoms with Crippen molar-refractivity contribution in [3.8, 4) is 5.75 Å². The van der Waals surface area contributed by atoms with Gasteiger partial charge in [-0.2, -0.15) is 0 Å². The lowest BCUT2D eigenvalue weighted by Crippen LogP contribution is -2.35. The van der Waals surface area contributed by atoms with E-state index < -0.39 is 0 Å². The van der Waals surface area contributed by atoms with Gasteiger partial charge in [-0.15, -0.1) is 0 Å². The standard InChI is InChI=1S/C21H23BrN2O4/c1-24(13-20(25)23-18-10-4-3-9-17(18)22)21(26)16-8-2-5-11-19(16)28-14-15-7-6-12-27-15/h2-5,8-11,15H,6-7,12-14H2,1H3,(H,23,25). The number of benzene rings is 2. The Hall–Kier alpha value is -2.38. The number of anilines is 1. The van der Waals surface area contributed by atoms with Crippen molar-refractivity contribution >= 4 is 33.4 Å². The van der Waals surface area contributed by atoms with Crippen LogP contribution in [-0.4, -0.2) is 49.6 Å². The molecule has 1 N–H and O–H groups in total. The minimum absolute atomic E-state index is 0.0657. The Morgan fingerprint density at radius 1 is 1.21 bits per heavy atom. The molecule has 3 rings (SSSR count). The van der Waals surface area contributed by atoms with E-state index in [0.29, 0.717) is 23.6 Å². The van der Waals surface area contributed by atoms with Crippen molar-refractivity contribution in [3.05, 3.63) is 58.6 Å². The highest BCUT2D eigenvalue weighted by atomic mass is 79.9. The molecule has 2 aromatic carbocycles. The Labute approximate surface area is 172 Å². The molecule has 0 aromatic heterocycles. The van der Waals surface area contributed by atoms with Gasteiger partial charge in [-0.1, -0.05) is 24.3 Å². The summed E-state index contributed by atoms with van der Waals surface area (Å²) < 4.78 is 12.2. The molecule has 0 aliphatic carbocycles. The predicted octanol–water partition coefficient (Wildman–Crippen LogP) is 3.72. The SMILES string of the molecule is CN(CC(=O)Nc1ccccc1Br)C(=O)c1ccccc1OCC1CCCO1. The molecule has 0 radical (unpaired) electrons. The zero-order valence-electron chi connectivity index (χ0n) is 15.7. The van der Waals surface area contributed by atoms with E-state index >= 15 is 0 Å². The van der Waals surface area contributed by atoms with Gasteiger partial charge in [-0.3, -0.25) is 9.59 Å². The van der Waals surface area contributed by atoms with Crippen LogP contribution in [0.1, 0.15) is 23.2 Å². The van der Waals surface area contributed by atoms with Crippen molar-refractivity contribution in [1.29, 1.82) is 0 Å². The second kappa shape index (κ2) is 9.71. The molecule has 1 aliphatic rings. The molecule has 1 unspecified atom stereocenters. The van der Waals surface area contributed by atoms with E-state index in [4.69, 9.17) is 9.47 Å². The first-order valence-electron chi connectivity index (χ1n) is 9.18. The molecule has 0 spiro atoms. The number of hydrogen-bond donors (Lipinski definition) is 1. The maximum atomic E-state index is 12.8. The van der Waals surface area contributed by atoms with Gasteiger partial charge in [0.15, 0.2) is 0 Å². The van der Waals surface area contributed by atoms with Crippen LogP contribution in [0.4, 0.5) is 5.69 Å². The van der Waals surface area contributed by atoms with Crippen molar-refractivity contribution < 1.29 is 19.1 Å². The van der Waals surface area contributed by atoms with E-state index in [0.717, 1.165) is 23.9 Å². The molecule has 0 saturated carbocycles. The van der Waals surface area contributed by atoms with Gasteiger partial charge in [0.1, 0.15) is 12.4 Å². The van der Waals surface area contributed by atoms with E-state index in [9.17, 15) is 9.59 Å². The third kappa shape index (κ3) is 5.33. The highest BCUT2D eigenvalue weighted by molar-refractivity contribution is 9.10. The van der Waals surface area contributed by atoms with Gasteiger partial charge in [0.2, 0.25) is 5.91 Å². The molecule has 2 amide bonds. The van der Waals surface area contributed by atoms with E-state index in [2.05, 4.69) is 21.2 Å². The minimum atomic E-state index is -0.277. The van der Waals surface area contributed by atoms with Crippen LogP contribution in [0, 0.1) is 0 Å². The van der Waals surface area contributed by atoms with Crippen molar-refractivity contribution in [2.45, 2.75) is 18.9 Å². The van der Waals surface area contributed by atoms with Crippen molar-refractivity contribution in [1.82, 2.24) is 4.90 Å². The van der Waals surface area contributed by atoms with Crippen molar-refractivity contribution in [2.24, 2.45) is 0 Å². The molecule has 0 bridgehead atoms. The van der Waals surface area contributed by atoms with E-state index in [1.54, 1.807) is 31.3 Å². The summed E-state index contributed by atoms with van der Waals surface area (Å²) in [6.45, 7) is 1.10. The van der Waals surface area contributed by atoms with Gasteiger partial charge >= 0.3 is 0 Å². The molecule has 2 aromatic rings. The Morgan fingerprint density at radius 2 is 1.96 bits per heavy atom. The number of ether oxygens (including phenoxy) is 2. The fourth-order valence-electron chi connectivity index (χ4n) is 2.97. The fourth-order valence-corrected chi connectivity index (χ4v) is 3.36. The highest BCUT2D eigenvalue weighted by Gasteiger charge is 2.21. The van der Waals surface area contributed by atoms with Gasteiger partial charge in [-0.05, 0) is 53.0 Å². The number of amides is 2. The number of nitrogens with zero attached hydrogens (tertiary/aromatic N) is 1. The number of nitrogens with one attached hydrogen (secondary N) is 1. The van der Waals surface area contributed by atoms with Gasteiger partial charge in [-0.25, -0.2) is 0 Å². The summed E-state index contributed by atoms with van der Waals surface area (Å²) in [4.78, 5) is 26.5. The summed E-state index contributed by atoms with van der Waals surface area (Å²) in [5.74, 6) is -0.0493. The zero-order chi connectivity index (χ0) is 19.9. The Morgan fingerprint density at radius 3 is 2.71 bits per heavy atom. The van der Waals surface area contributed by atoms with Crippen LogP contribution in [0.25, 0.3) is 0 Å². The van der Waals surface area contributed by atoms with Crippen LogP contribution in [0.5, 0.6) is 5.75 Å². The van der Waals surface area contributed by atoms with Crippen molar-refractivity contribution in [3.63, 3.8) is 0 Å².